The minimum atomic E-state index is -0.0950. The molecule has 1 aliphatic rings. The Labute approximate surface area is 139 Å². The van der Waals surface area contributed by atoms with Crippen molar-refractivity contribution in [3.63, 3.8) is 0 Å². The third-order valence-electron chi connectivity index (χ3n) is 4.39. The molecule has 3 nitrogen and oxygen atoms in total. The van der Waals surface area contributed by atoms with Crippen LogP contribution in [0.4, 0.5) is 0 Å². The minimum absolute atomic E-state index is 0.0950. The van der Waals surface area contributed by atoms with Crippen molar-refractivity contribution in [2.75, 3.05) is 19.7 Å². The molecule has 0 saturated heterocycles. The van der Waals surface area contributed by atoms with Gasteiger partial charge in [-0.15, -0.1) is 0 Å². The van der Waals surface area contributed by atoms with Crippen molar-refractivity contribution in [2.45, 2.75) is 45.6 Å². The van der Waals surface area contributed by atoms with Crippen LogP contribution < -0.4 is 14.8 Å². The highest BCUT2D eigenvalue weighted by Gasteiger charge is 2.28. The number of rotatable bonds is 6. The van der Waals surface area contributed by atoms with Crippen LogP contribution in [0.15, 0.2) is 30.3 Å². The van der Waals surface area contributed by atoms with Gasteiger partial charge in [0.05, 0.1) is 0 Å². The summed E-state index contributed by atoms with van der Waals surface area (Å²) in [6.45, 7) is 9.09. The number of ether oxygens (including phenoxy) is 2. The predicted molar refractivity (Wildman–Crippen MR) is 95.6 cm³/mol. The van der Waals surface area contributed by atoms with Gasteiger partial charge >= 0.3 is 0 Å². The average molecular weight is 313 g/mol. The van der Waals surface area contributed by atoms with E-state index in [9.17, 15) is 0 Å². The summed E-state index contributed by atoms with van der Waals surface area (Å²) in [6, 6.07) is 10.6. The Balaban J connectivity index is 1.84. The van der Waals surface area contributed by atoms with Gasteiger partial charge in [0.1, 0.15) is 23.7 Å². The first-order valence-electron chi connectivity index (χ1n) is 8.68. The predicted octanol–water partition coefficient (Wildman–Crippen LogP) is 4.32. The number of aryl methyl sites for hydroxylation is 1. The van der Waals surface area contributed by atoms with Crippen molar-refractivity contribution >= 4 is 10.8 Å². The Kier molecular flexibility index (Phi) is 4.76. The van der Waals surface area contributed by atoms with Crippen LogP contribution in [0.25, 0.3) is 10.8 Å². The molecule has 1 N–H and O–H groups in total. The van der Waals surface area contributed by atoms with Crippen LogP contribution in [0.1, 0.15) is 39.2 Å². The zero-order valence-electron chi connectivity index (χ0n) is 14.4. The molecule has 0 saturated carbocycles. The lowest BCUT2D eigenvalue weighted by Crippen LogP contribution is -2.32. The fraction of sp³-hybridized carbons (Fsp3) is 0.500. The molecule has 2 aromatic carbocycles. The summed E-state index contributed by atoms with van der Waals surface area (Å²) in [7, 11) is 0. The van der Waals surface area contributed by atoms with E-state index in [1.54, 1.807) is 0 Å². The summed E-state index contributed by atoms with van der Waals surface area (Å²) in [5.41, 5.74) is 1.21. The van der Waals surface area contributed by atoms with Crippen LogP contribution >= 0.6 is 0 Å². The van der Waals surface area contributed by atoms with Crippen molar-refractivity contribution in [3.8, 4) is 11.5 Å². The number of fused-ring (bicyclic) bond motifs is 3. The standard InChI is InChI=1S/C20H27NO2/c1-4-12-21-13-14-22-18-7-5-6-17-16(18)9-8-15-10-11-20(2,3)23-19(15)17/h5-9,21H,4,10-14H2,1-3H3. The highest BCUT2D eigenvalue weighted by atomic mass is 16.5. The quantitative estimate of drug-likeness (QED) is 0.806. The van der Waals surface area contributed by atoms with Crippen LogP contribution in [-0.2, 0) is 6.42 Å². The maximum atomic E-state index is 6.28. The van der Waals surface area contributed by atoms with Gasteiger partial charge in [0.2, 0.25) is 0 Å². The summed E-state index contributed by atoms with van der Waals surface area (Å²) in [5, 5.41) is 5.66. The molecule has 2 aromatic rings. The van der Waals surface area contributed by atoms with E-state index in [4.69, 9.17) is 9.47 Å². The van der Waals surface area contributed by atoms with Gasteiger partial charge in [-0.2, -0.15) is 0 Å². The largest absolute Gasteiger partial charge is 0.492 e. The number of hydrogen-bond acceptors (Lipinski definition) is 3. The third kappa shape index (κ3) is 3.61. The third-order valence-corrected chi connectivity index (χ3v) is 4.39. The van der Waals surface area contributed by atoms with E-state index in [0.29, 0.717) is 6.61 Å². The average Bonchev–Trinajstić information content (AvgIpc) is 2.54. The van der Waals surface area contributed by atoms with E-state index in [2.05, 4.69) is 50.4 Å². The molecule has 0 spiro atoms. The van der Waals surface area contributed by atoms with E-state index < -0.39 is 0 Å². The zero-order valence-corrected chi connectivity index (χ0v) is 14.4. The number of benzene rings is 2. The van der Waals surface area contributed by atoms with Crippen LogP contribution in [0.3, 0.4) is 0 Å². The molecule has 0 aliphatic carbocycles. The zero-order chi connectivity index (χ0) is 16.3. The molecule has 3 rings (SSSR count). The molecule has 0 aromatic heterocycles. The Hall–Kier alpha value is -1.74. The second-order valence-corrected chi connectivity index (χ2v) is 6.87. The minimum Gasteiger partial charge on any atom is -0.492 e. The molecule has 0 radical (unpaired) electrons. The molecule has 23 heavy (non-hydrogen) atoms. The molecular formula is C20H27NO2. The lowest BCUT2D eigenvalue weighted by Gasteiger charge is -2.33. The van der Waals surface area contributed by atoms with E-state index in [1.165, 1.54) is 5.56 Å². The van der Waals surface area contributed by atoms with Gasteiger partial charge in [-0.25, -0.2) is 0 Å². The van der Waals surface area contributed by atoms with Gasteiger partial charge < -0.3 is 14.8 Å². The Morgan fingerprint density at radius 2 is 2.00 bits per heavy atom. The van der Waals surface area contributed by atoms with Crippen LogP contribution in [0, 0.1) is 0 Å². The molecule has 0 fully saturated rings. The summed E-state index contributed by atoms with van der Waals surface area (Å²) >= 11 is 0. The maximum absolute atomic E-state index is 6.28. The van der Waals surface area contributed by atoms with Crippen LogP contribution in [0.2, 0.25) is 0 Å². The topological polar surface area (TPSA) is 30.5 Å². The first kappa shape index (κ1) is 16.1. The highest BCUT2D eigenvalue weighted by molar-refractivity contribution is 5.94. The van der Waals surface area contributed by atoms with Gasteiger partial charge in [-0.1, -0.05) is 31.2 Å². The fourth-order valence-corrected chi connectivity index (χ4v) is 3.09. The highest BCUT2D eigenvalue weighted by Crippen LogP contribution is 2.41. The Bertz CT molecular complexity index is 679. The lowest BCUT2D eigenvalue weighted by molar-refractivity contribution is 0.0868. The summed E-state index contributed by atoms with van der Waals surface area (Å²) in [5.74, 6) is 1.98. The molecule has 124 valence electrons. The molecule has 0 unspecified atom stereocenters. The molecule has 1 aliphatic heterocycles. The van der Waals surface area contributed by atoms with Gasteiger partial charge in [0, 0.05) is 17.3 Å². The molecule has 0 amide bonds. The van der Waals surface area contributed by atoms with Crippen molar-refractivity contribution in [3.05, 3.63) is 35.9 Å². The second-order valence-electron chi connectivity index (χ2n) is 6.87. The van der Waals surface area contributed by atoms with Crippen molar-refractivity contribution in [1.29, 1.82) is 0 Å². The number of nitrogens with one attached hydrogen (secondary N) is 1. The van der Waals surface area contributed by atoms with Gasteiger partial charge in [-0.05, 0) is 51.3 Å². The van der Waals surface area contributed by atoms with Crippen molar-refractivity contribution in [1.82, 2.24) is 5.32 Å². The maximum Gasteiger partial charge on any atom is 0.131 e. The summed E-state index contributed by atoms with van der Waals surface area (Å²) in [6.07, 6.45) is 3.28. The normalized spacial score (nSPS) is 16.0. The first-order valence-corrected chi connectivity index (χ1v) is 8.68. The molecular weight excluding hydrogens is 286 g/mol. The smallest absolute Gasteiger partial charge is 0.131 e. The number of hydrogen-bond donors (Lipinski definition) is 1. The first-order chi connectivity index (χ1) is 11.1. The van der Waals surface area contributed by atoms with Crippen molar-refractivity contribution in [2.24, 2.45) is 0 Å². The Morgan fingerprint density at radius 3 is 2.83 bits per heavy atom. The monoisotopic (exact) mass is 313 g/mol. The SMILES string of the molecule is CCCNCCOc1cccc2c3c(ccc12)CCC(C)(C)O3. The summed E-state index contributed by atoms with van der Waals surface area (Å²) < 4.78 is 12.3. The fourth-order valence-electron chi connectivity index (χ4n) is 3.09. The second kappa shape index (κ2) is 6.79. The summed E-state index contributed by atoms with van der Waals surface area (Å²) in [4.78, 5) is 0. The van der Waals surface area contributed by atoms with E-state index in [0.717, 1.165) is 54.6 Å². The lowest BCUT2D eigenvalue weighted by atomic mass is 9.92. The van der Waals surface area contributed by atoms with E-state index >= 15 is 0 Å². The molecule has 3 heteroatoms. The van der Waals surface area contributed by atoms with E-state index in [1.807, 2.05) is 6.07 Å². The van der Waals surface area contributed by atoms with Gasteiger partial charge in [0.15, 0.2) is 0 Å². The van der Waals surface area contributed by atoms with Crippen molar-refractivity contribution < 1.29 is 9.47 Å². The molecule has 0 atom stereocenters. The van der Waals surface area contributed by atoms with Gasteiger partial charge in [0.25, 0.3) is 0 Å². The Morgan fingerprint density at radius 1 is 1.13 bits per heavy atom. The van der Waals surface area contributed by atoms with Gasteiger partial charge in [-0.3, -0.25) is 0 Å². The molecule has 1 heterocycles. The van der Waals surface area contributed by atoms with Crippen LogP contribution in [0.5, 0.6) is 11.5 Å². The van der Waals surface area contributed by atoms with E-state index in [-0.39, 0.29) is 5.60 Å². The molecule has 0 bridgehead atoms. The van der Waals surface area contributed by atoms with Crippen LogP contribution in [-0.4, -0.2) is 25.3 Å².